The second-order valence-corrected chi connectivity index (χ2v) is 4.13. The Bertz CT molecular complexity index is 460. The Balaban J connectivity index is 2.79. The van der Waals surface area contributed by atoms with E-state index in [0.717, 1.165) is 16.9 Å². The number of benzene rings is 1. The Morgan fingerprint density at radius 2 is 2.29 bits per heavy atom. The van der Waals surface area contributed by atoms with Crippen molar-refractivity contribution in [1.29, 1.82) is 0 Å². The molecule has 2 nitrogen and oxygen atoms in total. The summed E-state index contributed by atoms with van der Waals surface area (Å²) in [6, 6.07) is 4.07. The molecular formula is C11H12O2S. The molecule has 0 saturated carbocycles. The zero-order chi connectivity index (χ0) is 10.1. The number of hydrogen-bond donors (Lipinski definition) is 1. The van der Waals surface area contributed by atoms with Crippen LogP contribution in [0.25, 0.3) is 10.1 Å². The van der Waals surface area contributed by atoms with E-state index >= 15 is 0 Å². The van der Waals surface area contributed by atoms with Crippen LogP contribution in [0, 0.1) is 6.92 Å². The first-order chi connectivity index (χ1) is 6.77. The third-order valence-corrected chi connectivity index (χ3v) is 3.28. The SMILES string of the molecule is COc1c(CO)cc2sccc2c1C. The van der Waals surface area contributed by atoms with Crippen LogP contribution < -0.4 is 4.74 Å². The summed E-state index contributed by atoms with van der Waals surface area (Å²) in [6.07, 6.45) is 0. The highest BCUT2D eigenvalue weighted by Crippen LogP contribution is 2.34. The highest BCUT2D eigenvalue weighted by molar-refractivity contribution is 7.17. The number of aliphatic hydroxyl groups is 1. The second kappa shape index (κ2) is 3.59. The van der Waals surface area contributed by atoms with Crippen LogP contribution in [0.1, 0.15) is 11.1 Å². The van der Waals surface area contributed by atoms with Gasteiger partial charge < -0.3 is 9.84 Å². The molecule has 0 aliphatic carbocycles. The Hall–Kier alpha value is -1.06. The van der Waals surface area contributed by atoms with E-state index in [0.29, 0.717) is 0 Å². The summed E-state index contributed by atoms with van der Waals surface area (Å²) in [5, 5.41) is 12.5. The van der Waals surface area contributed by atoms with Crippen molar-refractivity contribution in [3.8, 4) is 5.75 Å². The molecule has 0 bridgehead atoms. The molecule has 1 N–H and O–H groups in total. The van der Waals surface area contributed by atoms with Crippen LogP contribution in [0.2, 0.25) is 0 Å². The Morgan fingerprint density at radius 3 is 2.93 bits per heavy atom. The molecule has 0 spiro atoms. The molecular weight excluding hydrogens is 196 g/mol. The van der Waals surface area contributed by atoms with Gasteiger partial charge in [0.25, 0.3) is 0 Å². The topological polar surface area (TPSA) is 29.5 Å². The van der Waals surface area contributed by atoms with E-state index in [9.17, 15) is 5.11 Å². The van der Waals surface area contributed by atoms with Crippen LogP contribution in [-0.2, 0) is 6.61 Å². The first-order valence-electron chi connectivity index (χ1n) is 4.42. The number of ether oxygens (including phenoxy) is 1. The molecule has 2 rings (SSSR count). The van der Waals surface area contributed by atoms with Gasteiger partial charge in [0.15, 0.2) is 0 Å². The maximum absolute atomic E-state index is 9.20. The molecule has 0 aliphatic rings. The molecule has 3 heteroatoms. The van der Waals surface area contributed by atoms with Crippen molar-refractivity contribution in [3.05, 3.63) is 28.6 Å². The lowest BCUT2D eigenvalue weighted by atomic mass is 10.1. The molecule has 0 unspecified atom stereocenters. The predicted molar refractivity (Wildman–Crippen MR) is 59.0 cm³/mol. The third kappa shape index (κ3) is 1.29. The minimum Gasteiger partial charge on any atom is -0.496 e. The van der Waals surface area contributed by atoms with Crippen LogP contribution in [-0.4, -0.2) is 12.2 Å². The quantitative estimate of drug-likeness (QED) is 0.822. The third-order valence-electron chi connectivity index (χ3n) is 2.41. The molecule has 14 heavy (non-hydrogen) atoms. The number of aryl methyl sites for hydroxylation is 1. The molecule has 1 aromatic heterocycles. The van der Waals surface area contributed by atoms with Crippen molar-refractivity contribution < 1.29 is 9.84 Å². The fourth-order valence-corrected chi connectivity index (χ4v) is 2.64. The molecule has 0 saturated heterocycles. The lowest BCUT2D eigenvalue weighted by molar-refractivity contribution is 0.273. The van der Waals surface area contributed by atoms with Gasteiger partial charge in [-0.15, -0.1) is 11.3 Å². The number of rotatable bonds is 2. The lowest BCUT2D eigenvalue weighted by Crippen LogP contribution is -1.94. The van der Waals surface area contributed by atoms with Crippen molar-refractivity contribution >= 4 is 21.4 Å². The summed E-state index contributed by atoms with van der Waals surface area (Å²) in [6.45, 7) is 2.05. The van der Waals surface area contributed by atoms with Gasteiger partial charge in [0, 0.05) is 15.8 Å². The molecule has 0 aliphatic heterocycles. The van der Waals surface area contributed by atoms with Crippen LogP contribution in [0.4, 0.5) is 0 Å². The van der Waals surface area contributed by atoms with Gasteiger partial charge in [0.2, 0.25) is 0 Å². The van der Waals surface area contributed by atoms with E-state index in [2.05, 4.69) is 11.4 Å². The standard InChI is InChI=1S/C11H12O2S/c1-7-9-3-4-14-10(9)5-8(6-12)11(7)13-2/h3-5,12H,6H2,1-2H3. The average molecular weight is 208 g/mol. The lowest BCUT2D eigenvalue weighted by Gasteiger charge is -2.10. The number of fused-ring (bicyclic) bond motifs is 1. The van der Waals surface area contributed by atoms with E-state index in [1.165, 1.54) is 10.1 Å². The average Bonchev–Trinajstić information content (AvgIpc) is 2.65. The first kappa shape index (κ1) is 9.49. The van der Waals surface area contributed by atoms with Crippen molar-refractivity contribution in [2.24, 2.45) is 0 Å². The summed E-state index contributed by atoms with van der Waals surface area (Å²) < 4.78 is 6.49. The molecule has 1 aromatic carbocycles. The van der Waals surface area contributed by atoms with Crippen LogP contribution in [0.5, 0.6) is 5.75 Å². The van der Waals surface area contributed by atoms with Gasteiger partial charge in [-0.25, -0.2) is 0 Å². The minimum atomic E-state index is 0.0256. The fourth-order valence-electron chi connectivity index (χ4n) is 1.73. The minimum absolute atomic E-state index is 0.0256. The van der Waals surface area contributed by atoms with Gasteiger partial charge in [0.05, 0.1) is 13.7 Å². The molecule has 0 fully saturated rings. The van der Waals surface area contributed by atoms with E-state index in [4.69, 9.17) is 4.74 Å². The van der Waals surface area contributed by atoms with Gasteiger partial charge in [-0.05, 0) is 29.8 Å². The number of methoxy groups -OCH3 is 1. The van der Waals surface area contributed by atoms with Crippen molar-refractivity contribution in [1.82, 2.24) is 0 Å². The molecule has 0 atom stereocenters. The Labute approximate surface area is 86.8 Å². The Morgan fingerprint density at radius 1 is 1.50 bits per heavy atom. The molecule has 2 aromatic rings. The summed E-state index contributed by atoms with van der Waals surface area (Å²) in [5.41, 5.74) is 1.97. The number of aliphatic hydroxyl groups excluding tert-OH is 1. The van der Waals surface area contributed by atoms with Gasteiger partial charge in [-0.2, -0.15) is 0 Å². The molecule has 74 valence electrons. The van der Waals surface area contributed by atoms with E-state index in [1.54, 1.807) is 18.4 Å². The fraction of sp³-hybridized carbons (Fsp3) is 0.273. The second-order valence-electron chi connectivity index (χ2n) is 3.18. The van der Waals surface area contributed by atoms with Gasteiger partial charge in [0.1, 0.15) is 5.75 Å². The predicted octanol–water partition coefficient (Wildman–Crippen LogP) is 2.71. The molecule has 0 radical (unpaired) electrons. The van der Waals surface area contributed by atoms with Gasteiger partial charge in [-0.1, -0.05) is 0 Å². The highest BCUT2D eigenvalue weighted by Gasteiger charge is 2.10. The maximum atomic E-state index is 9.20. The summed E-state index contributed by atoms with van der Waals surface area (Å²) in [4.78, 5) is 0. The summed E-state index contributed by atoms with van der Waals surface area (Å²) >= 11 is 1.68. The first-order valence-corrected chi connectivity index (χ1v) is 5.30. The number of thiophene rings is 1. The zero-order valence-electron chi connectivity index (χ0n) is 8.20. The van der Waals surface area contributed by atoms with Gasteiger partial charge >= 0.3 is 0 Å². The molecule has 0 amide bonds. The largest absolute Gasteiger partial charge is 0.496 e. The smallest absolute Gasteiger partial charge is 0.127 e. The van der Waals surface area contributed by atoms with Crippen LogP contribution >= 0.6 is 11.3 Å². The van der Waals surface area contributed by atoms with Crippen LogP contribution in [0.15, 0.2) is 17.5 Å². The monoisotopic (exact) mass is 208 g/mol. The van der Waals surface area contributed by atoms with Crippen molar-refractivity contribution in [3.63, 3.8) is 0 Å². The Kier molecular flexibility index (Phi) is 2.44. The normalized spacial score (nSPS) is 10.8. The van der Waals surface area contributed by atoms with Crippen molar-refractivity contribution in [2.75, 3.05) is 7.11 Å². The van der Waals surface area contributed by atoms with E-state index in [1.807, 2.05) is 13.0 Å². The highest BCUT2D eigenvalue weighted by atomic mass is 32.1. The van der Waals surface area contributed by atoms with Crippen molar-refractivity contribution in [2.45, 2.75) is 13.5 Å². The summed E-state index contributed by atoms with van der Waals surface area (Å²) in [7, 11) is 1.64. The maximum Gasteiger partial charge on any atom is 0.127 e. The molecule has 1 heterocycles. The van der Waals surface area contributed by atoms with E-state index < -0.39 is 0 Å². The zero-order valence-corrected chi connectivity index (χ0v) is 9.02. The van der Waals surface area contributed by atoms with Gasteiger partial charge in [-0.3, -0.25) is 0 Å². The number of hydrogen-bond acceptors (Lipinski definition) is 3. The van der Waals surface area contributed by atoms with Crippen LogP contribution in [0.3, 0.4) is 0 Å². The summed E-state index contributed by atoms with van der Waals surface area (Å²) in [5.74, 6) is 0.804. The van der Waals surface area contributed by atoms with E-state index in [-0.39, 0.29) is 6.61 Å².